The van der Waals surface area contributed by atoms with Crippen molar-refractivity contribution < 1.29 is 14.3 Å². The van der Waals surface area contributed by atoms with E-state index in [1.54, 1.807) is 12.3 Å². The third-order valence-electron chi connectivity index (χ3n) is 1.83. The Hall–Kier alpha value is -1.69. The van der Waals surface area contributed by atoms with Crippen molar-refractivity contribution in [3.05, 3.63) is 22.7 Å². The van der Waals surface area contributed by atoms with E-state index in [1.165, 1.54) is 17.4 Å². The molecule has 0 saturated heterocycles. The lowest BCUT2D eigenvalue weighted by Crippen LogP contribution is -2.10. The molecule has 0 saturated carbocycles. The number of carbonyl (C=O) groups is 2. The van der Waals surface area contributed by atoms with Gasteiger partial charge in [-0.05, 0) is 20.8 Å². The summed E-state index contributed by atoms with van der Waals surface area (Å²) in [6.45, 7) is 5.79. The van der Waals surface area contributed by atoms with Gasteiger partial charge in [0.15, 0.2) is 5.13 Å². The van der Waals surface area contributed by atoms with Gasteiger partial charge in [0, 0.05) is 11.5 Å². The molecule has 98 valence electrons. The van der Waals surface area contributed by atoms with Gasteiger partial charge in [0.1, 0.15) is 0 Å². The zero-order valence-corrected chi connectivity index (χ0v) is 11.5. The van der Waals surface area contributed by atoms with Crippen LogP contribution in [0.15, 0.2) is 17.0 Å². The van der Waals surface area contributed by atoms with Crippen LogP contribution in [0.3, 0.4) is 0 Å². The van der Waals surface area contributed by atoms with Gasteiger partial charge in [-0.1, -0.05) is 5.57 Å². The van der Waals surface area contributed by atoms with Crippen molar-refractivity contribution in [1.82, 2.24) is 4.98 Å². The molecule has 18 heavy (non-hydrogen) atoms. The molecule has 0 aliphatic rings. The minimum absolute atomic E-state index is 0.128. The molecule has 0 radical (unpaired) electrons. The van der Waals surface area contributed by atoms with E-state index in [0.717, 1.165) is 5.57 Å². The summed E-state index contributed by atoms with van der Waals surface area (Å²) in [6.07, 6.45) is 1.62. The number of thiazole rings is 1. The van der Waals surface area contributed by atoms with E-state index in [2.05, 4.69) is 10.3 Å². The van der Waals surface area contributed by atoms with Gasteiger partial charge in [-0.25, -0.2) is 4.98 Å². The lowest BCUT2D eigenvalue weighted by Gasteiger charge is -1.98. The molecule has 0 unspecified atom stereocenters. The second-order valence-electron chi connectivity index (χ2n) is 3.84. The molecule has 0 bridgehead atoms. The molecular formula is C12H16N2O3S. The number of hydrogen-bond acceptors (Lipinski definition) is 5. The van der Waals surface area contributed by atoms with Crippen molar-refractivity contribution in [2.75, 3.05) is 11.9 Å². The summed E-state index contributed by atoms with van der Waals surface area (Å²) in [5.41, 5.74) is 1.52. The monoisotopic (exact) mass is 268 g/mol. The zero-order chi connectivity index (χ0) is 13.5. The number of nitrogens with one attached hydrogen (secondary N) is 1. The molecule has 0 aliphatic heterocycles. The second-order valence-corrected chi connectivity index (χ2v) is 4.69. The number of esters is 1. The van der Waals surface area contributed by atoms with Crippen molar-refractivity contribution in [3.8, 4) is 0 Å². The van der Waals surface area contributed by atoms with Gasteiger partial charge < -0.3 is 4.74 Å². The van der Waals surface area contributed by atoms with Crippen LogP contribution in [-0.4, -0.2) is 23.5 Å². The Morgan fingerprint density at radius 1 is 1.50 bits per heavy atom. The van der Waals surface area contributed by atoms with E-state index in [9.17, 15) is 9.59 Å². The average Bonchev–Trinajstić information content (AvgIpc) is 2.64. The van der Waals surface area contributed by atoms with E-state index >= 15 is 0 Å². The lowest BCUT2D eigenvalue weighted by molar-refractivity contribution is -0.142. The molecule has 6 heteroatoms. The van der Waals surface area contributed by atoms with Crippen molar-refractivity contribution in [1.29, 1.82) is 0 Å². The van der Waals surface area contributed by atoms with E-state index in [4.69, 9.17) is 4.74 Å². The van der Waals surface area contributed by atoms with Crippen LogP contribution in [0.2, 0.25) is 0 Å². The minimum Gasteiger partial charge on any atom is -0.466 e. The molecule has 0 atom stereocenters. The zero-order valence-electron chi connectivity index (χ0n) is 10.6. The third-order valence-corrected chi connectivity index (χ3v) is 2.64. The maximum absolute atomic E-state index is 11.4. The Morgan fingerprint density at radius 3 is 2.83 bits per heavy atom. The van der Waals surface area contributed by atoms with Crippen LogP contribution in [0, 0.1) is 0 Å². The van der Waals surface area contributed by atoms with E-state index in [-0.39, 0.29) is 18.3 Å². The average molecular weight is 268 g/mol. The van der Waals surface area contributed by atoms with Gasteiger partial charge in [0.25, 0.3) is 0 Å². The Balaban J connectivity index is 2.56. The molecule has 1 amide bonds. The topological polar surface area (TPSA) is 68.3 Å². The van der Waals surface area contributed by atoms with Crippen LogP contribution in [0.1, 0.15) is 26.5 Å². The first-order valence-electron chi connectivity index (χ1n) is 5.57. The Kier molecular flexibility index (Phi) is 5.51. The molecule has 0 aromatic carbocycles. The molecular weight excluding hydrogens is 252 g/mol. The fraction of sp³-hybridized carbons (Fsp3) is 0.417. The maximum Gasteiger partial charge on any atom is 0.311 e. The van der Waals surface area contributed by atoms with Gasteiger partial charge in [0.05, 0.1) is 18.7 Å². The van der Waals surface area contributed by atoms with Crippen LogP contribution >= 0.6 is 11.3 Å². The molecule has 1 rings (SSSR count). The number of hydrogen-bond donors (Lipinski definition) is 1. The van der Waals surface area contributed by atoms with Crippen LogP contribution in [0.25, 0.3) is 0 Å². The number of nitrogens with zero attached hydrogens (tertiary/aromatic N) is 1. The molecule has 0 fully saturated rings. The predicted molar refractivity (Wildman–Crippen MR) is 70.5 cm³/mol. The molecule has 5 nitrogen and oxygen atoms in total. The molecule has 0 spiro atoms. The summed E-state index contributed by atoms with van der Waals surface area (Å²) < 4.78 is 4.82. The summed E-state index contributed by atoms with van der Waals surface area (Å²) in [6, 6.07) is 0. The summed E-state index contributed by atoms with van der Waals surface area (Å²) in [4.78, 5) is 26.8. The van der Waals surface area contributed by atoms with Crippen LogP contribution in [-0.2, 0) is 20.7 Å². The maximum atomic E-state index is 11.4. The molecule has 1 heterocycles. The van der Waals surface area contributed by atoms with Gasteiger partial charge in [-0.3, -0.25) is 14.9 Å². The van der Waals surface area contributed by atoms with Crippen molar-refractivity contribution >= 4 is 28.3 Å². The predicted octanol–water partition coefficient (Wildman–Crippen LogP) is 2.15. The number of aromatic nitrogens is 1. The smallest absolute Gasteiger partial charge is 0.311 e. The normalized spacial score (nSPS) is 9.72. The van der Waals surface area contributed by atoms with Crippen molar-refractivity contribution in [3.63, 3.8) is 0 Å². The second kappa shape index (κ2) is 6.90. The first-order chi connectivity index (χ1) is 8.51. The van der Waals surface area contributed by atoms with Crippen LogP contribution < -0.4 is 5.32 Å². The summed E-state index contributed by atoms with van der Waals surface area (Å²) >= 11 is 1.28. The fourth-order valence-corrected chi connectivity index (χ4v) is 1.92. The van der Waals surface area contributed by atoms with Crippen LogP contribution in [0.5, 0.6) is 0 Å². The summed E-state index contributed by atoms with van der Waals surface area (Å²) in [5.74, 6) is -0.531. The first kappa shape index (κ1) is 14.4. The number of ether oxygens (including phenoxy) is 1. The molecule has 1 N–H and O–H groups in total. The summed E-state index contributed by atoms with van der Waals surface area (Å²) in [7, 11) is 0. The van der Waals surface area contributed by atoms with Gasteiger partial charge >= 0.3 is 5.97 Å². The highest BCUT2D eigenvalue weighted by atomic mass is 32.1. The SMILES string of the molecule is CCOC(=O)Cc1csc(NC(=O)C=C(C)C)n1. The van der Waals surface area contributed by atoms with Crippen molar-refractivity contribution in [2.45, 2.75) is 27.2 Å². The van der Waals surface area contributed by atoms with Gasteiger partial charge in [-0.15, -0.1) is 11.3 Å². The van der Waals surface area contributed by atoms with E-state index in [1.807, 2.05) is 13.8 Å². The van der Waals surface area contributed by atoms with Crippen molar-refractivity contribution in [2.24, 2.45) is 0 Å². The minimum atomic E-state index is -0.315. The van der Waals surface area contributed by atoms with E-state index in [0.29, 0.717) is 17.4 Å². The molecule has 1 aromatic heterocycles. The highest BCUT2D eigenvalue weighted by Gasteiger charge is 2.09. The molecule has 0 aliphatic carbocycles. The largest absolute Gasteiger partial charge is 0.466 e. The van der Waals surface area contributed by atoms with Gasteiger partial charge in [0.2, 0.25) is 5.91 Å². The Labute approximate surface area is 110 Å². The lowest BCUT2D eigenvalue weighted by atomic mass is 10.3. The standard InChI is InChI=1S/C12H16N2O3S/c1-4-17-11(16)6-9-7-18-12(13-9)14-10(15)5-8(2)3/h5,7H,4,6H2,1-3H3,(H,13,14,15). The Morgan fingerprint density at radius 2 is 2.22 bits per heavy atom. The number of rotatable bonds is 5. The number of carbonyl (C=O) groups excluding carboxylic acids is 2. The van der Waals surface area contributed by atoms with Crippen LogP contribution in [0.4, 0.5) is 5.13 Å². The number of anilines is 1. The highest BCUT2D eigenvalue weighted by molar-refractivity contribution is 7.14. The quantitative estimate of drug-likeness (QED) is 0.656. The summed E-state index contributed by atoms with van der Waals surface area (Å²) in [5, 5.41) is 4.85. The number of allylic oxidation sites excluding steroid dienone is 1. The van der Waals surface area contributed by atoms with Gasteiger partial charge in [-0.2, -0.15) is 0 Å². The number of amides is 1. The first-order valence-corrected chi connectivity index (χ1v) is 6.45. The third kappa shape index (κ3) is 5.09. The molecule has 1 aromatic rings. The van der Waals surface area contributed by atoms with E-state index < -0.39 is 0 Å². The highest BCUT2D eigenvalue weighted by Crippen LogP contribution is 2.16. The Bertz CT molecular complexity index is 462. The fourth-order valence-electron chi connectivity index (χ4n) is 1.21.